The topological polar surface area (TPSA) is 78.4 Å². The molecule has 2 unspecified atom stereocenters. The van der Waals surface area contributed by atoms with Crippen molar-refractivity contribution in [2.75, 3.05) is 0 Å². The van der Waals surface area contributed by atoms with Crippen LogP contribution < -0.4 is 10.6 Å². The Morgan fingerprint density at radius 3 is 2.47 bits per heavy atom. The molecule has 0 radical (unpaired) electrons. The van der Waals surface area contributed by atoms with E-state index in [0.717, 1.165) is 12.8 Å². The summed E-state index contributed by atoms with van der Waals surface area (Å²) in [5, 5.41) is 14.3. The fourth-order valence-electron chi connectivity index (χ4n) is 1.79. The number of carbonyl (C=O) groups is 2. The van der Waals surface area contributed by atoms with Crippen LogP contribution in [0.15, 0.2) is 12.2 Å². The predicted octanol–water partition coefficient (Wildman–Crippen LogP) is 1.50. The monoisotopic (exact) mass is 240 g/mol. The van der Waals surface area contributed by atoms with Crippen LogP contribution in [0.5, 0.6) is 0 Å². The standard InChI is InChI=1S/C12H20N2O3/c1-3-8(2)10(11(15)16)14-12(17)13-9-6-4-5-7-9/h4-5,8-10H,3,6-7H2,1-2H3,(H,15,16)(H2,13,14,17). The highest BCUT2D eigenvalue weighted by molar-refractivity contribution is 5.82. The van der Waals surface area contributed by atoms with E-state index in [-0.39, 0.29) is 12.0 Å². The number of urea groups is 1. The smallest absolute Gasteiger partial charge is 0.326 e. The van der Waals surface area contributed by atoms with Gasteiger partial charge in [-0.1, -0.05) is 32.4 Å². The van der Waals surface area contributed by atoms with E-state index in [9.17, 15) is 9.59 Å². The van der Waals surface area contributed by atoms with E-state index in [0.29, 0.717) is 6.42 Å². The Bertz CT molecular complexity index is 307. The average molecular weight is 240 g/mol. The highest BCUT2D eigenvalue weighted by Gasteiger charge is 2.26. The maximum atomic E-state index is 11.6. The Balaban J connectivity index is 2.43. The van der Waals surface area contributed by atoms with Gasteiger partial charge >= 0.3 is 12.0 Å². The average Bonchev–Trinajstić information content (AvgIpc) is 2.77. The van der Waals surface area contributed by atoms with Crippen molar-refractivity contribution in [2.45, 2.75) is 45.2 Å². The van der Waals surface area contributed by atoms with Gasteiger partial charge in [0.1, 0.15) is 6.04 Å². The maximum Gasteiger partial charge on any atom is 0.326 e. The molecule has 0 aromatic heterocycles. The molecule has 2 atom stereocenters. The summed E-state index contributed by atoms with van der Waals surface area (Å²) in [7, 11) is 0. The molecule has 1 aliphatic carbocycles. The van der Waals surface area contributed by atoms with Gasteiger partial charge in [-0.15, -0.1) is 0 Å². The molecule has 0 saturated heterocycles. The molecule has 0 saturated carbocycles. The lowest BCUT2D eigenvalue weighted by atomic mass is 9.99. The van der Waals surface area contributed by atoms with Crippen molar-refractivity contribution in [1.82, 2.24) is 10.6 Å². The summed E-state index contributed by atoms with van der Waals surface area (Å²) < 4.78 is 0. The molecular weight excluding hydrogens is 220 g/mol. The molecule has 17 heavy (non-hydrogen) atoms. The predicted molar refractivity (Wildman–Crippen MR) is 64.7 cm³/mol. The number of nitrogens with one attached hydrogen (secondary N) is 2. The van der Waals surface area contributed by atoms with Crippen LogP contribution in [0.25, 0.3) is 0 Å². The number of carboxylic acids is 1. The van der Waals surface area contributed by atoms with Gasteiger partial charge in [0.05, 0.1) is 0 Å². The summed E-state index contributed by atoms with van der Waals surface area (Å²) in [4.78, 5) is 22.6. The second-order valence-electron chi connectivity index (χ2n) is 4.46. The molecular formula is C12H20N2O3. The summed E-state index contributed by atoms with van der Waals surface area (Å²) in [5.74, 6) is -1.07. The largest absolute Gasteiger partial charge is 0.480 e. The highest BCUT2D eigenvalue weighted by Crippen LogP contribution is 2.10. The first-order chi connectivity index (χ1) is 8.04. The van der Waals surface area contributed by atoms with Crippen LogP contribution in [0.1, 0.15) is 33.1 Å². The minimum Gasteiger partial charge on any atom is -0.480 e. The summed E-state index contributed by atoms with van der Waals surface area (Å²) in [6.45, 7) is 3.72. The van der Waals surface area contributed by atoms with Gasteiger partial charge in [-0.25, -0.2) is 9.59 Å². The number of rotatable bonds is 5. The van der Waals surface area contributed by atoms with Crippen LogP contribution >= 0.6 is 0 Å². The molecule has 96 valence electrons. The second kappa shape index (κ2) is 6.27. The zero-order valence-corrected chi connectivity index (χ0v) is 10.3. The Kier molecular flexibility index (Phi) is 5.00. The van der Waals surface area contributed by atoms with E-state index >= 15 is 0 Å². The van der Waals surface area contributed by atoms with Gasteiger partial charge in [0, 0.05) is 6.04 Å². The number of hydrogen-bond donors (Lipinski definition) is 3. The van der Waals surface area contributed by atoms with Gasteiger partial charge in [0.25, 0.3) is 0 Å². The van der Waals surface area contributed by atoms with Gasteiger partial charge in [-0.3, -0.25) is 0 Å². The third kappa shape index (κ3) is 4.09. The van der Waals surface area contributed by atoms with Crippen LogP contribution in [0.3, 0.4) is 0 Å². The first kappa shape index (κ1) is 13.5. The molecule has 0 spiro atoms. The summed E-state index contributed by atoms with van der Waals surface area (Å²) >= 11 is 0. The van der Waals surface area contributed by atoms with Crippen LogP contribution in [0.4, 0.5) is 4.79 Å². The van der Waals surface area contributed by atoms with Crippen molar-refractivity contribution in [1.29, 1.82) is 0 Å². The maximum absolute atomic E-state index is 11.6. The van der Waals surface area contributed by atoms with Gasteiger partial charge in [0.15, 0.2) is 0 Å². The van der Waals surface area contributed by atoms with Gasteiger partial charge in [-0.05, 0) is 18.8 Å². The lowest BCUT2D eigenvalue weighted by molar-refractivity contribution is -0.140. The first-order valence-corrected chi connectivity index (χ1v) is 5.99. The van der Waals surface area contributed by atoms with Crippen molar-refractivity contribution in [3.63, 3.8) is 0 Å². The highest BCUT2D eigenvalue weighted by atomic mass is 16.4. The molecule has 5 nitrogen and oxygen atoms in total. The van der Waals surface area contributed by atoms with Crippen LogP contribution in [-0.4, -0.2) is 29.2 Å². The second-order valence-corrected chi connectivity index (χ2v) is 4.46. The van der Waals surface area contributed by atoms with Gasteiger partial charge in [0.2, 0.25) is 0 Å². The third-order valence-electron chi connectivity index (χ3n) is 3.11. The molecule has 0 bridgehead atoms. The first-order valence-electron chi connectivity index (χ1n) is 5.99. The number of carboxylic acid groups (broad SMARTS) is 1. The van der Waals surface area contributed by atoms with Gasteiger partial charge < -0.3 is 15.7 Å². The molecule has 0 aliphatic heterocycles. The van der Waals surface area contributed by atoms with Crippen molar-refractivity contribution in [3.05, 3.63) is 12.2 Å². The van der Waals surface area contributed by atoms with E-state index in [1.807, 2.05) is 26.0 Å². The molecule has 0 aromatic carbocycles. The zero-order valence-electron chi connectivity index (χ0n) is 10.3. The number of hydrogen-bond acceptors (Lipinski definition) is 2. The number of amides is 2. The van der Waals surface area contributed by atoms with E-state index in [1.54, 1.807) is 0 Å². The molecule has 1 rings (SSSR count). The SMILES string of the molecule is CCC(C)C(NC(=O)NC1CC=CC1)C(=O)O. The quantitative estimate of drug-likeness (QED) is 0.637. The Morgan fingerprint density at radius 1 is 1.41 bits per heavy atom. The molecule has 5 heteroatoms. The number of carbonyl (C=O) groups excluding carboxylic acids is 1. The minimum absolute atomic E-state index is 0.0834. The summed E-state index contributed by atoms with van der Waals surface area (Å²) in [6, 6.07) is -1.12. The normalized spacial score (nSPS) is 18.7. The van der Waals surface area contributed by atoms with Crippen molar-refractivity contribution in [2.24, 2.45) is 5.92 Å². The van der Waals surface area contributed by atoms with Gasteiger partial charge in [-0.2, -0.15) is 0 Å². The lowest BCUT2D eigenvalue weighted by Crippen LogP contribution is -2.51. The number of aliphatic carboxylic acids is 1. The molecule has 3 N–H and O–H groups in total. The van der Waals surface area contributed by atoms with Crippen LogP contribution in [-0.2, 0) is 4.79 Å². The lowest BCUT2D eigenvalue weighted by Gasteiger charge is -2.21. The summed E-state index contributed by atoms with van der Waals surface area (Å²) in [5.41, 5.74) is 0. The molecule has 0 heterocycles. The van der Waals surface area contributed by atoms with Crippen molar-refractivity contribution in [3.8, 4) is 0 Å². The fraction of sp³-hybridized carbons (Fsp3) is 0.667. The molecule has 0 aromatic rings. The molecule has 1 aliphatic rings. The van der Waals surface area contributed by atoms with E-state index < -0.39 is 18.0 Å². The van der Waals surface area contributed by atoms with E-state index in [4.69, 9.17) is 5.11 Å². The fourth-order valence-corrected chi connectivity index (χ4v) is 1.79. The third-order valence-corrected chi connectivity index (χ3v) is 3.11. The van der Waals surface area contributed by atoms with E-state index in [1.165, 1.54) is 0 Å². The minimum atomic E-state index is -0.987. The summed E-state index contributed by atoms with van der Waals surface area (Å²) in [6.07, 6.45) is 6.35. The van der Waals surface area contributed by atoms with Crippen LogP contribution in [0, 0.1) is 5.92 Å². The molecule has 0 fully saturated rings. The zero-order chi connectivity index (χ0) is 12.8. The van der Waals surface area contributed by atoms with Crippen molar-refractivity contribution < 1.29 is 14.7 Å². The Hall–Kier alpha value is -1.52. The van der Waals surface area contributed by atoms with E-state index in [2.05, 4.69) is 10.6 Å². The Morgan fingerprint density at radius 2 is 2.00 bits per heavy atom. The Labute approximate surface area is 101 Å². The molecule has 2 amide bonds. The van der Waals surface area contributed by atoms with Crippen molar-refractivity contribution >= 4 is 12.0 Å². The van der Waals surface area contributed by atoms with Crippen LogP contribution in [0.2, 0.25) is 0 Å².